The minimum Gasteiger partial charge on any atom is -0.371 e. The summed E-state index contributed by atoms with van der Waals surface area (Å²) < 4.78 is 8.22. The number of aryl methyl sites for hydroxylation is 1. The number of amides is 1. The van der Waals surface area contributed by atoms with Crippen molar-refractivity contribution >= 4 is 5.91 Å². The predicted octanol–water partition coefficient (Wildman–Crippen LogP) is 3.41. The number of hydrogen-bond donors (Lipinski definition) is 0. The SMILES string of the molecule is CCc1cccc(CCN2CCC3(CC2)CN(C(=O)c2ccn(CC4CC4)n2)CCO3)c1. The highest BCUT2D eigenvalue weighted by molar-refractivity contribution is 5.92. The first-order valence-corrected chi connectivity index (χ1v) is 12.4. The van der Waals surface area contributed by atoms with E-state index >= 15 is 0 Å². The van der Waals surface area contributed by atoms with Gasteiger partial charge in [-0.25, -0.2) is 0 Å². The van der Waals surface area contributed by atoms with Crippen molar-refractivity contribution in [3.63, 3.8) is 0 Å². The normalized spacial score (nSPS) is 21.2. The van der Waals surface area contributed by atoms with Gasteiger partial charge in [-0.05, 0) is 61.6 Å². The summed E-state index contributed by atoms with van der Waals surface area (Å²) in [6.07, 6.45) is 8.69. The van der Waals surface area contributed by atoms with Gasteiger partial charge < -0.3 is 14.5 Å². The molecule has 3 aliphatic rings. The second-order valence-electron chi connectivity index (χ2n) is 9.89. The Kier molecular flexibility index (Phi) is 6.33. The summed E-state index contributed by atoms with van der Waals surface area (Å²) >= 11 is 0. The molecule has 3 heterocycles. The highest BCUT2D eigenvalue weighted by Crippen LogP contribution is 2.32. The van der Waals surface area contributed by atoms with Gasteiger partial charge in [0, 0.05) is 38.9 Å². The average Bonchev–Trinajstić information content (AvgIpc) is 3.52. The molecule has 32 heavy (non-hydrogen) atoms. The van der Waals surface area contributed by atoms with Crippen molar-refractivity contribution in [2.45, 2.75) is 57.6 Å². The lowest BCUT2D eigenvalue weighted by Gasteiger charge is -2.47. The van der Waals surface area contributed by atoms with Crippen LogP contribution in [0.15, 0.2) is 36.5 Å². The van der Waals surface area contributed by atoms with Crippen molar-refractivity contribution in [2.24, 2.45) is 5.92 Å². The standard InChI is InChI=1S/C26H36N4O2/c1-2-21-4-3-5-22(18-21)8-12-28-14-10-26(11-15-28)20-29(16-17-32-26)25(31)24-9-13-30(27-24)19-23-6-7-23/h3-5,9,13,18,23H,2,6-8,10-12,14-17,19-20H2,1H3. The number of aromatic nitrogens is 2. The first-order valence-electron chi connectivity index (χ1n) is 12.4. The molecule has 0 bridgehead atoms. The Morgan fingerprint density at radius 2 is 1.97 bits per heavy atom. The van der Waals surface area contributed by atoms with Gasteiger partial charge in [-0.3, -0.25) is 9.48 Å². The maximum Gasteiger partial charge on any atom is 0.274 e. The van der Waals surface area contributed by atoms with Crippen molar-refractivity contribution in [2.75, 3.05) is 39.3 Å². The number of nitrogens with zero attached hydrogens (tertiary/aromatic N) is 4. The largest absolute Gasteiger partial charge is 0.371 e. The minimum absolute atomic E-state index is 0.0560. The molecule has 2 saturated heterocycles. The summed E-state index contributed by atoms with van der Waals surface area (Å²) in [5.41, 5.74) is 3.23. The summed E-state index contributed by atoms with van der Waals surface area (Å²) in [4.78, 5) is 17.6. The lowest BCUT2D eigenvalue weighted by Crippen LogP contribution is -2.58. The summed E-state index contributed by atoms with van der Waals surface area (Å²) in [6.45, 7) is 8.28. The second kappa shape index (κ2) is 9.36. The number of rotatable bonds is 7. The number of ether oxygens (including phenoxy) is 1. The summed E-state index contributed by atoms with van der Waals surface area (Å²) in [7, 11) is 0. The first-order chi connectivity index (χ1) is 15.6. The van der Waals surface area contributed by atoms with E-state index in [0.29, 0.717) is 25.4 Å². The Hall–Kier alpha value is -2.18. The van der Waals surface area contributed by atoms with Crippen LogP contribution in [0.4, 0.5) is 0 Å². The minimum atomic E-state index is -0.191. The monoisotopic (exact) mass is 436 g/mol. The summed E-state index contributed by atoms with van der Waals surface area (Å²) in [6, 6.07) is 10.8. The van der Waals surface area contributed by atoms with Gasteiger partial charge in [0.1, 0.15) is 5.69 Å². The number of likely N-dealkylation sites (tertiary alicyclic amines) is 1. The van der Waals surface area contributed by atoms with Crippen LogP contribution in [0.1, 0.15) is 54.2 Å². The van der Waals surface area contributed by atoms with E-state index in [1.807, 2.05) is 21.8 Å². The van der Waals surface area contributed by atoms with Crippen molar-refractivity contribution in [1.82, 2.24) is 19.6 Å². The molecular weight excluding hydrogens is 400 g/mol. The highest BCUT2D eigenvalue weighted by Gasteiger charge is 2.41. The Balaban J connectivity index is 1.13. The number of carbonyl (C=O) groups excluding carboxylic acids is 1. The lowest BCUT2D eigenvalue weighted by molar-refractivity contribution is -0.127. The Labute approximate surface area is 191 Å². The van der Waals surface area contributed by atoms with Gasteiger partial charge in [-0.15, -0.1) is 0 Å². The third-order valence-corrected chi connectivity index (χ3v) is 7.42. The van der Waals surface area contributed by atoms with Gasteiger partial charge in [0.2, 0.25) is 0 Å². The van der Waals surface area contributed by atoms with Crippen LogP contribution >= 0.6 is 0 Å². The molecule has 1 aliphatic carbocycles. The number of hydrogen-bond acceptors (Lipinski definition) is 4. The molecule has 0 atom stereocenters. The Morgan fingerprint density at radius 3 is 2.75 bits per heavy atom. The fourth-order valence-corrected chi connectivity index (χ4v) is 5.10. The van der Waals surface area contributed by atoms with E-state index in [1.54, 1.807) is 0 Å². The topological polar surface area (TPSA) is 50.6 Å². The second-order valence-corrected chi connectivity index (χ2v) is 9.89. The molecule has 0 N–H and O–H groups in total. The summed E-state index contributed by atoms with van der Waals surface area (Å²) in [5, 5.41) is 4.55. The van der Waals surface area contributed by atoms with Crippen LogP contribution in [0.5, 0.6) is 0 Å². The van der Waals surface area contributed by atoms with Gasteiger partial charge in [-0.2, -0.15) is 5.10 Å². The molecule has 3 fully saturated rings. The summed E-state index contributed by atoms with van der Waals surface area (Å²) in [5.74, 6) is 0.811. The van der Waals surface area contributed by atoms with Crippen LogP contribution < -0.4 is 0 Å². The highest BCUT2D eigenvalue weighted by atomic mass is 16.5. The van der Waals surface area contributed by atoms with Gasteiger partial charge in [0.25, 0.3) is 5.91 Å². The molecule has 6 nitrogen and oxygen atoms in total. The van der Waals surface area contributed by atoms with Crippen LogP contribution in [0, 0.1) is 5.92 Å². The number of carbonyl (C=O) groups is 1. The van der Waals surface area contributed by atoms with E-state index in [9.17, 15) is 4.79 Å². The van der Waals surface area contributed by atoms with Crippen molar-refractivity contribution in [3.05, 3.63) is 53.3 Å². The molecule has 1 spiro atoms. The molecular formula is C26H36N4O2. The lowest BCUT2D eigenvalue weighted by atomic mass is 9.89. The molecule has 6 heteroatoms. The Bertz CT molecular complexity index is 927. The van der Waals surface area contributed by atoms with E-state index in [-0.39, 0.29) is 11.5 Å². The van der Waals surface area contributed by atoms with Crippen LogP contribution in [-0.2, 0) is 24.1 Å². The molecule has 1 amide bonds. The van der Waals surface area contributed by atoms with Crippen molar-refractivity contribution in [3.8, 4) is 0 Å². The van der Waals surface area contributed by atoms with Crippen molar-refractivity contribution in [1.29, 1.82) is 0 Å². The zero-order valence-corrected chi connectivity index (χ0v) is 19.3. The van der Waals surface area contributed by atoms with E-state index in [0.717, 1.165) is 57.8 Å². The van der Waals surface area contributed by atoms with E-state index in [2.05, 4.69) is 41.2 Å². The van der Waals surface area contributed by atoms with Gasteiger partial charge in [0.05, 0.1) is 18.8 Å². The molecule has 1 aromatic carbocycles. The van der Waals surface area contributed by atoms with E-state index in [4.69, 9.17) is 4.74 Å². The van der Waals surface area contributed by atoms with Crippen LogP contribution in [-0.4, -0.2) is 70.4 Å². The molecule has 1 aromatic heterocycles. The maximum atomic E-state index is 13.1. The molecule has 1 saturated carbocycles. The quantitative estimate of drug-likeness (QED) is 0.668. The molecule has 5 rings (SSSR count). The zero-order chi connectivity index (χ0) is 22.0. The van der Waals surface area contributed by atoms with Gasteiger partial charge >= 0.3 is 0 Å². The smallest absolute Gasteiger partial charge is 0.274 e. The van der Waals surface area contributed by atoms with Crippen LogP contribution in [0.3, 0.4) is 0 Å². The van der Waals surface area contributed by atoms with Gasteiger partial charge in [-0.1, -0.05) is 31.2 Å². The fraction of sp³-hybridized carbons (Fsp3) is 0.615. The van der Waals surface area contributed by atoms with Crippen LogP contribution in [0.2, 0.25) is 0 Å². The third kappa shape index (κ3) is 5.07. The molecule has 2 aliphatic heterocycles. The zero-order valence-electron chi connectivity index (χ0n) is 19.3. The third-order valence-electron chi connectivity index (χ3n) is 7.42. The predicted molar refractivity (Wildman–Crippen MR) is 125 cm³/mol. The molecule has 172 valence electrons. The molecule has 0 unspecified atom stereocenters. The Morgan fingerprint density at radius 1 is 1.16 bits per heavy atom. The number of morpholine rings is 1. The molecule has 0 radical (unpaired) electrons. The van der Waals surface area contributed by atoms with Gasteiger partial charge in [0.15, 0.2) is 0 Å². The van der Waals surface area contributed by atoms with E-state index in [1.165, 1.54) is 24.0 Å². The number of piperidine rings is 1. The van der Waals surface area contributed by atoms with E-state index < -0.39 is 0 Å². The average molecular weight is 437 g/mol. The maximum absolute atomic E-state index is 13.1. The number of benzene rings is 1. The van der Waals surface area contributed by atoms with Crippen LogP contribution in [0.25, 0.3) is 0 Å². The van der Waals surface area contributed by atoms with Crippen molar-refractivity contribution < 1.29 is 9.53 Å². The first kappa shape index (κ1) is 21.7. The fourth-order valence-electron chi connectivity index (χ4n) is 5.10. The molecule has 2 aromatic rings.